The molecule has 0 spiro atoms. The number of hydrogen-bond donors (Lipinski definition) is 2. The minimum atomic E-state index is -0.492. The third kappa shape index (κ3) is 10.1. The molecule has 0 saturated carbocycles. The standard InChI is InChI=1S/C18H26N2O3/c1-2-3-4-5-6-10-15-23-18(22)14-13-17(21)20-19-16-11-8-7-9-12-16/h7-9,11-14,19H,2-6,10,15H2,1H3,(H,20,21)/b14-13+. The third-order valence-electron chi connectivity index (χ3n) is 3.22. The molecule has 0 radical (unpaired) electrons. The molecule has 1 amide bonds. The average Bonchev–Trinajstić information content (AvgIpc) is 2.58. The largest absolute Gasteiger partial charge is 0.463 e. The fourth-order valence-corrected chi connectivity index (χ4v) is 1.94. The molecule has 2 N–H and O–H groups in total. The van der Waals surface area contributed by atoms with Crippen molar-refractivity contribution in [3.8, 4) is 0 Å². The van der Waals surface area contributed by atoms with Gasteiger partial charge in [-0.1, -0.05) is 57.2 Å². The number of anilines is 1. The number of ether oxygens (including phenoxy) is 1. The number of nitrogens with one attached hydrogen (secondary N) is 2. The molecular weight excluding hydrogens is 292 g/mol. The first kappa shape index (κ1) is 18.7. The van der Waals surface area contributed by atoms with Gasteiger partial charge in [0.15, 0.2) is 0 Å². The third-order valence-corrected chi connectivity index (χ3v) is 3.22. The predicted octanol–water partition coefficient (Wildman–Crippen LogP) is 3.59. The molecule has 0 bridgehead atoms. The number of para-hydroxylation sites is 1. The Labute approximate surface area is 138 Å². The van der Waals surface area contributed by atoms with Crippen molar-refractivity contribution in [3.63, 3.8) is 0 Å². The second-order valence-electron chi connectivity index (χ2n) is 5.25. The number of hydrazine groups is 1. The number of esters is 1. The second-order valence-corrected chi connectivity index (χ2v) is 5.25. The van der Waals surface area contributed by atoms with Crippen LogP contribution in [0.1, 0.15) is 45.4 Å². The molecule has 0 fully saturated rings. The Balaban J connectivity index is 2.08. The lowest BCUT2D eigenvalue weighted by Crippen LogP contribution is -2.27. The number of carbonyl (C=O) groups excluding carboxylic acids is 2. The van der Waals surface area contributed by atoms with Crippen molar-refractivity contribution in [1.29, 1.82) is 0 Å². The zero-order chi connectivity index (χ0) is 16.8. The summed E-state index contributed by atoms with van der Waals surface area (Å²) in [5.41, 5.74) is 5.97. The van der Waals surface area contributed by atoms with Crippen molar-refractivity contribution in [2.24, 2.45) is 0 Å². The first-order valence-electron chi connectivity index (χ1n) is 8.18. The van der Waals surface area contributed by atoms with E-state index in [1.165, 1.54) is 25.7 Å². The molecule has 23 heavy (non-hydrogen) atoms. The van der Waals surface area contributed by atoms with E-state index in [0.29, 0.717) is 6.61 Å². The molecule has 0 aliphatic carbocycles. The molecule has 5 heteroatoms. The van der Waals surface area contributed by atoms with Crippen molar-refractivity contribution in [2.45, 2.75) is 45.4 Å². The number of amides is 1. The van der Waals surface area contributed by atoms with Crippen LogP contribution in [-0.4, -0.2) is 18.5 Å². The van der Waals surface area contributed by atoms with Crippen LogP contribution in [0.4, 0.5) is 5.69 Å². The normalized spacial score (nSPS) is 10.5. The quantitative estimate of drug-likeness (QED) is 0.283. The summed E-state index contributed by atoms with van der Waals surface area (Å²) in [5, 5.41) is 0. The van der Waals surface area contributed by atoms with Gasteiger partial charge in [-0.05, 0) is 18.6 Å². The van der Waals surface area contributed by atoms with Crippen LogP contribution in [0, 0.1) is 0 Å². The fraction of sp³-hybridized carbons (Fsp3) is 0.444. The number of benzene rings is 1. The Morgan fingerprint density at radius 3 is 2.43 bits per heavy atom. The van der Waals surface area contributed by atoms with E-state index >= 15 is 0 Å². The van der Waals surface area contributed by atoms with Crippen molar-refractivity contribution in [2.75, 3.05) is 12.0 Å². The highest BCUT2D eigenvalue weighted by atomic mass is 16.5. The van der Waals surface area contributed by atoms with Crippen molar-refractivity contribution in [3.05, 3.63) is 42.5 Å². The van der Waals surface area contributed by atoms with Crippen molar-refractivity contribution < 1.29 is 14.3 Å². The molecule has 0 heterocycles. The van der Waals surface area contributed by atoms with Crippen LogP contribution in [0.15, 0.2) is 42.5 Å². The minimum absolute atomic E-state index is 0.402. The lowest BCUT2D eigenvalue weighted by atomic mass is 10.1. The van der Waals surface area contributed by atoms with Gasteiger partial charge in [0.25, 0.3) is 5.91 Å². The van der Waals surface area contributed by atoms with Gasteiger partial charge < -0.3 is 4.74 Å². The SMILES string of the molecule is CCCCCCCCOC(=O)/C=C/C(=O)NNc1ccccc1. The molecule has 1 aromatic rings. The topological polar surface area (TPSA) is 67.4 Å². The highest BCUT2D eigenvalue weighted by Gasteiger charge is 2.00. The molecule has 5 nitrogen and oxygen atoms in total. The number of unbranched alkanes of at least 4 members (excludes halogenated alkanes) is 5. The van der Waals surface area contributed by atoms with Crippen LogP contribution < -0.4 is 10.9 Å². The van der Waals surface area contributed by atoms with Crippen LogP contribution in [0.5, 0.6) is 0 Å². The summed E-state index contributed by atoms with van der Waals surface area (Å²) in [5.74, 6) is -0.904. The Hall–Kier alpha value is -2.30. The van der Waals surface area contributed by atoms with Crippen molar-refractivity contribution >= 4 is 17.6 Å². The van der Waals surface area contributed by atoms with Gasteiger partial charge in [0.05, 0.1) is 12.3 Å². The van der Waals surface area contributed by atoms with Crippen LogP contribution >= 0.6 is 0 Å². The van der Waals surface area contributed by atoms with Crippen LogP contribution in [0.3, 0.4) is 0 Å². The molecule has 0 atom stereocenters. The minimum Gasteiger partial charge on any atom is -0.463 e. The summed E-state index contributed by atoms with van der Waals surface area (Å²) >= 11 is 0. The van der Waals surface area contributed by atoms with Gasteiger partial charge in [-0.3, -0.25) is 15.6 Å². The number of hydrogen-bond acceptors (Lipinski definition) is 4. The van der Waals surface area contributed by atoms with Gasteiger partial charge in [0, 0.05) is 12.2 Å². The van der Waals surface area contributed by atoms with Gasteiger partial charge in [-0.25, -0.2) is 4.79 Å². The van der Waals surface area contributed by atoms with Gasteiger partial charge in [0.2, 0.25) is 0 Å². The van der Waals surface area contributed by atoms with Gasteiger partial charge in [-0.15, -0.1) is 0 Å². The summed E-state index contributed by atoms with van der Waals surface area (Å²) in [4.78, 5) is 23.0. The molecule has 1 rings (SSSR count). The first-order valence-corrected chi connectivity index (χ1v) is 8.18. The molecular formula is C18H26N2O3. The maximum absolute atomic E-state index is 11.5. The zero-order valence-corrected chi connectivity index (χ0v) is 13.7. The van der Waals surface area contributed by atoms with Crippen molar-refractivity contribution in [1.82, 2.24) is 5.43 Å². The van der Waals surface area contributed by atoms with E-state index in [4.69, 9.17) is 4.74 Å². The van der Waals surface area contributed by atoms with Gasteiger partial charge in [0.1, 0.15) is 0 Å². The molecule has 0 saturated heterocycles. The van der Waals surface area contributed by atoms with E-state index in [1.807, 2.05) is 30.3 Å². The lowest BCUT2D eigenvalue weighted by molar-refractivity contribution is -0.138. The van der Waals surface area contributed by atoms with E-state index < -0.39 is 11.9 Å². The second kappa shape index (κ2) is 12.3. The van der Waals surface area contributed by atoms with E-state index in [2.05, 4.69) is 17.8 Å². The van der Waals surface area contributed by atoms with Gasteiger partial charge >= 0.3 is 5.97 Å². The van der Waals surface area contributed by atoms with E-state index in [-0.39, 0.29) is 0 Å². The maximum Gasteiger partial charge on any atom is 0.330 e. The average molecular weight is 318 g/mol. The molecule has 0 unspecified atom stereocenters. The van der Waals surface area contributed by atoms with E-state index in [0.717, 1.165) is 30.7 Å². The fourth-order valence-electron chi connectivity index (χ4n) is 1.94. The summed E-state index contributed by atoms with van der Waals surface area (Å²) in [6, 6.07) is 9.22. The first-order chi connectivity index (χ1) is 11.2. The summed E-state index contributed by atoms with van der Waals surface area (Å²) in [6.07, 6.45) is 9.12. The summed E-state index contributed by atoms with van der Waals surface area (Å²) < 4.78 is 5.04. The molecule has 0 aliphatic heterocycles. The molecule has 1 aromatic carbocycles. The number of rotatable bonds is 11. The molecule has 0 aromatic heterocycles. The monoisotopic (exact) mass is 318 g/mol. The summed E-state index contributed by atoms with van der Waals surface area (Å²) in [6.45, 7) is 2.58. The highest BCUT2D eigenvalue weighted by Crippen LogP contribution is 2.05. The highest BCUT2D eigenvalue weighted by molar-refractivity contribution is 5.94. The van der Waals surface area contributed by atoms with Crippen LogP contribution in [0.2, 0.25) is 0 Å². The Morgan fingerprint density at radius 2 is 1.70 bits per heavy atom. The number of carbonyl (C=O) groups is 2. The summed E-state index contributed by atoms with van der Waals surface area (Å²) in [7, 11) is 0. The molecule has 126 valence electrons. The van der Waals surface area contributed by atoms with Gasteiger partial charge in [-0.2, -0.15) is 0 Å². The van der Waals surface area contributed by atoms with E-state index in [1.54, 1.807) is 0 Å². The maximum atomic E-state index is 11.5. The van der Waals surface area contributed by atoms with Crippen LogP contribution in [0.25, 0.3) is 0 Å². The smallest absolute Gasteiger partial charge is 0.330 e. The Kier molecular flexibility index (Phi) is 10.00. The Bertz CT molecular complexity index is 486. The predicted molar refractivity (Wildman–Crippen MR) is 91.7 cm³/mol. The van der Waals surface area contributed by atoms with Crippen LogP contribution in [-0.2, 0) is 14.3 Å². The zero-order valence-electron chi connectivity index (χ0n) is 13.7. The molecule has 0 aliphatic rings. The van der Waals surface area contributed by atoms with E-state index in [9.17, 15) is 9.59 Å². The lowest BCUT2D eigenvalue weighted by Gasteiger charge is -2.05. The Morgan fingerprint density at radius 1 is 1.00 bits per heavy atom.